The van der Waals surface area contributed by atoms with Gasteiger partial charge in [-0.15, -0.1) is 10.2 Å². The highest BCUT2D eigenvalue weighted by molar-refractivity contribution is 5.72. The molecule has 33 heavy (non-hydrogen) atoms. The molecule has 2 fully saturated rings. The fraction of sp³-hybridized carbons (Fsp3) is 0.519. The number of aromatic hydroxyl groups is 1. The van der Waals surface area contributed by atoms with Gasteiger partial charge in [0.05, 0.1) is 5.69 Å². The van der Waals surface area contributed by atoms with E-state index in [4.69, 9.17) is 0 Å². The summed E-state index contributed by atoms with van der Waals surface area (Å²) in [4.78, 5) is 6.42. The lowest BCUT2D eigenvalue weighted by Crippen LogP contribution is -2.62. The maximum absolute atomic E-state index is 10.7. The highest BCUT2D eigenvalue weighted by atomic mass is 16.3. The number of hydrogen-bond acceptors (Lipinski definition) is 6. The van der Waals surface area contributed by atoms with Crippen molar-refractivity contribution in [3.8, 4) is 17.0 Å². The van der Waals surface area contributed by atoms with Crippen molar-refractivity contribution in [2.24, 2.45) is 10.9 Å². The molecule has 0 amide bonds. The van der Waals surface area contributed by atoms with Crippen LogP contribution in [0.4, 0.5) is 5.82 Å². The average Bonchev–Trinajstić information content (AvgIpc) is 3.56. The van der Waals surface area contributed by atoms with Crippen LogP contribution in [0, 0.1) is 12.8 Å². The lowest BCUT2D eigenvalue weighted by molar-refractivity contribution is 0.160. The predicted octanol–water partition coefficient (Wildman–Crippen LogP) is 5.35. The smallest absolute Gasteiger partial charge is 0.151 e. The monoisotopic (exact) mass is 447 g/mol. The molecule has 0 radical (unpaired) electrons. The number of benzene rings is 1. The van der Waals surface area contributed by atoms with E-state index >= 15 is 0 Å². The first-order valence-electron chi connectivity index (χ1n) is 11.9. The predicted molar refractivity (Wildman–Crippen MR) is 137 cm³/mol. The van der Waals surface area contributed by atoms with Crippen LogP contribution in [0.1, 0.15) is 64.5 Å². The zero-order valence-corrected chi connectivity index (χ0v) is 20.8. The number of hydrogen-bond donors (Lipinski definition) is 2. The number of allylic oxidation sites excluding steroid dienone is 1. The Hall–Kier alpha value is -2.73. The lowest BCUT2D eigenvalue weighted by atomic mass is 9.79. The number of phenols is 1. The van der Waals surface area contributed by atoms with Gasteiger partial charge in [-0.3, -0.25) is 4.99 Å². The van der Waals surface area contributed by atoms with Gasteiger partial charge in [-0.05, 0) is 108 Å². The molecular weight excluding hydrogens is 410 g/mol. The van der Waals surface area contributed by atoms with Gasteiger partial charge in [0.15, 0.2) is 5.82 Å². The van der Waals surface area contributed by atoms with Crippen molar-refractivity contribution in [3.05, 3.63) is 41.1 Å². The fourth-order valence-corrected chi connectivity index (χ4v) is 5.29. The molecule has 4 rings (SSSR count). The third-order valence-corrected chi connectivity index (χ3v) is 6.87. The largest absolute Gasteiger partial charge is 0.507 e. The molecule has 6 nitrogen and oxygen atoms in total. The van der Waals surface area contributed by atoms with Crippen molar-refractivity contribution >= 4 is 18.6 Å². The molecule has 0 bridgehead atoms. The van der Waals surface area contributed by atoms with Gasteiger partial charge in [0, 0.05) is 41.3 Å². The van der Waals surface area contributed by atoms with Crippen molar-refractivity contribution in [1.82, 2.24) is 15.5 Å². The standard InChI is InChI=1S/C27H37N5O/c1-17-12-21(24(33)14-19(17)13-23(28-6)18-8-9-18)22-10-11-25(30-29-22)32(7)20-15-26(2,3)31-27(4,5)16-20/h10-14,18,20,31,33H,6,8-9,15-16H2,1-5,7H3/b23-13-. The van der Waals surface area contributed by atoms with Gasteiger partial charge < -0.3 is 15.3 Å². The molecule has 6 heteroatoms. The summed E-state index contributed by atoms with van der Waals surface area (Å²) in [6, 6.07) is 8.08. The van der Waals surface area contributed by atoms with Crippen LogP contribution in [0.15, 0.2) is 35.0 Å². The van der Waals surface area contributed by atoms with E-state index in [1.54, 1.807) is 6.07 Å². The van der Waals surface area contributed by atoms with E-state index in [-0.39, 0.29) is 16.8 Å². The van der Waals surface area contributed by atoms with Crippen LogP contribution in [0.25, 0.3) is 17.3 Å². The Bertz CT molecular complexity index is 1050. The minimum absolute atomic E-state index is 0.0635. The third kappa shape index (κ3) is 5.27. The molecule has 2 aliphatic rings. The SMILES string of the molecule is C=N/C(=C\c1cc(O)c(-c2ccc(N(C)C3CC(C)(C)NC(C)(C)C3)nn2)cc1C)C1CC1. The summed E-state index contributed by atoms with van der Waals surface area (Å²) in [7, 11) is 2.10. The first kappa shape index (κ1) is 23.4. The fourth-order valence-electron chi connectivity index (χ4n) is 5.29. The second-order valence-corrected chi connectivity index (χ2v) is 11.1. The Morgan fingerprint density at radius 2 is 1.82 bits per heavy atom. The van der Waals surface area contributed by atoms with E-state index < -0.39 is 0 Å². The van der Waals surface area contributed by atoms with Crippen LogP contribution >= 0.6 is 0 Å². The number of aryl methyl sites for hydroxylation is 1. The van der Waals surface area contributed by atoms with Gasteiger partial charge >= 0.3 is 0 Å². The Kier molecular flexibility index (Phi) is 6.08. The van der Waals surface area contributed by atoms with Crippen molar-refractivity contribution < 1.29 is 5.11 Å². The van der Waals surface area contributed by atoms with E-state index in [0.717, 1.165) is 48.3 Å². The van der Waals surface area contributed by atoms with Crippen LogP contribution in [0.2, 0.25) is 0 Å². The van der Waals surface area contributed by atoms with Crippen LogP contribution < -0.4 is 10.2 Å². The molecule has 1 saturated carbocycles. The van der Waals surface area contributed by atoms with Crippen molar-refractivity contribution in [1.29, 1.82) is 0 Å². The van der Waals surface area contributed by atoms with Gasteiger partial charge in [-0.25, -0.2) is 0 Å². The topological polar surface area (TPSA) is 73.6 Å². The van der Waals surface area contributed by atoms with Crippen LogP contribution in [0.3, 0.4) is 0 Å². The van der Waals surface area contributed by atoms with E-state index in [0.29, 0.717) is 23.2 Å². The van der Waals surface area contributed by atoms with Crippen molar-refractivity contribution in [2.75, 3.05) is 11.9 Å². The molecule has 1 saturated heterocycles. The van der Waals surface area contributed by atoms with Crippen molar-refractivity contribution in [3.63, 3.8) is 0 Å². The van der Waals surface area contributed by atoms with E-state index in [2.05, 4.69) is 66.9 Å². The molecule has 1 aromatic carbocycles. The number of piperidine rings is 1. The second kappa shape index (κ2) is 8.56. The number of nitrogens with zero attached hydrogens (tertiary/aromatic N) is 4. The first-order valence-corrected chi connectivity index (χ1v) is 11.9. The second-order valence-electron chi connectivity index (χ2n) is 11.1. The lowest BCUT2D eigenvalue weighted by Gasteiger charge is -2.49. The Labute approximate surface area is 197 Å². The molecule has 2 aromatic rings. The zero-order chi connectivity index (χ0) is 24.0. The summed E-state index contributed by atoms with van der Waals surface area (Å²) in [6.45, 7) is 14.8. The quantitative estimate of drug-likeness (QED) is 0.584. The zero-order valence-electron chi connectivity index (χ0n) is 20.8. The van der Waals surface area contributed by atoms with Gasteiger partial charge in [0.25, 0.3) is 0 Å². The van der Waals surface area contributed by atoms with Gasteiger partial charge in [0.1, 0.15) is 5.75 Å². The summed E-state index contributed by atoms with van der Waals surface area (Å²) in [5.74, 6) is 1.55. The molecule has 0 atom stereocenters. The van der Waals surface area contributed by atoms with E-state index in [9.17, 15) is 5.11 Å². The molecule has 2 heterocycles. The van der Waals surface area contributed by atoms with Crippen molar-refractivity contribution in [2.45, 2.75) is 77.4 Å². The normalized spacial score (nSPS) is 20.5. The Morgan fingerprint density at radius 1 is 1.15 bits per heavy atom. The molecule has 0 unspecified atom stereocenters. The molecule has 0 spiro atoms. The minimum Gasteiger partial charge on any atom is -0.507 e. The summed E-state index contributed by atoms with van der Waals surface area (Å²) in [5.41, 5.74) is 4.51. The summed E-state index contributed by atoms with van der Waals surface area (Å²) >= 11 is 0. The van der Waals surface area contributed by atoms with Gasteiger partial charge in [0.2, 0.25) is 0 Å². The van der Waals surface area contributed by atoms with E-state index in [1.165, 1.54) is 0 Å². The average molecular weight is 448 g/mol. The molecule has 1 aromatic heterocycles. The maximum Gasteiger partial charge on any atom is 0.151 e. The van der Waals surface area contributed by atoms with E-state index in [1.807, 2.05) is 31.2 Å². The number of aliphatic imine (C=N–C) groups is 1. The number of rotatable bonds is 6. The Morgan fingerprint density at radius 3 is 2.36 bits per heavy atom. The number of phenolic OH excluding ortho intramolecular Hbond substituents is 1. The number of aromatic nitrogens is 2. The molecule has 1 aliphatic heterocycles. The molecule has 1 aliphatic carbocycles. The number of anilines is 1. The maximum atomic E-state index is 10.7. The Balaban J connectivity index is 1.56. The summed E-state index contributed by atoms with van der Waals surface area (Å²) < 4.78 is 0. The number of nitrogens with one attached hydrogen (secondary N) is 1. The highest BCUT2D eigenvalue weighted by Crippen LogP contribution is 2.39. The molecular formula is C27H37N5O. The summed E-state index contributed by atoms with van der Waals surface area (Å²) in [5, 5.41) is 23.5. The van der Waals surface area contributed by atoms with Gasteiger partial charge in [-0.2, -0.15) is 0 Å². The minimum atomic E-state index is 0.0635. The highest BCUT2D eigenvalue weighted by Gasteiger charge is 2.39. The van der Waals surface area contributed by atoms with Crippen LogP contribution in [0.5, 0.6) is 5.75 Å². The third-order valence-electron chi connectivity index (χ3n) is 6.87. The van der Waals surface area contributed by atoms with Crippen LogP contribution in [-0.4, -0.2) is 46.2 Å². The van der Waals surface area contributed by atoms with Crippen LogP contribution in [-0.2, 0) is 0 Å². The molecule has 176 valence electrons. The summed E-state index contributed by atoms with van der Waals surface area (Å²) in [6.07, 6.45) is 6.43. The first-order chi connectivity index (χ1) is 15.5. The van der Waals surface area contributed by atoms with Gasteiger partial charge in [-0.1, -0.05) is 0 Å². The molecule has 2 N–H and O–H groups in total.